The quantitative estimate of drug-likeness (QED) is 0.869. The lowest BCUT2D eigenvalue weighted by Crippen LogP contribution is -2.17. The number of rotatable bonds is 5. The van der Waals surface area contributed by atoms with Gasteiger partial charge in [0.05, 0.1) is 5.51 Å². The first-order valence-electron chi connectivity index (χ1n) is 5.79. The van der Waals surface area contributed by atoms with Crippen LogP contribution in [0.4, 0.5) is 5.69 Å². The lowest BCUT2D eigenvalue weighted by molar-refractivity contribution is 0.102. The number of benzene rings is 1. The van der Waals surface area contributed by atoms with Gasteiger partial charge in [0.15, 0.2) is 0 Å². The van der Waals surface area contributed by atoms with Crippen molar-refractivity contribution < 1.29 is 4.79 Å². The van der Waals surface area contributed by atoms with Gasteiger partial charge in [0.1, 0.15) is 5.69 Å². The van der Waals surface area contributed by atoms with Gasteiger partial charge < -0.3 is 10.6 Å². The molecule has 2 N–H and O–H groups in total. The van der Waals surface area contributed by atoms with Gasteiger partial charge in [-0.3, -0.25) is 4.79 Å². The molecule has 0 radical (unpaired) electrons. The summed E-state index contributed by atoms with van der Waals surface area (Å²) in [6, 6.07) is 7.77. The van der Waals surface area contributed by atoms with E-state index >= 15 is 0 Å². The lowest BCUT2D eigenvalue weighted by Gasteiger charge is -2.10. The van der Waals surface area contributed by atoms with Gasteiger partial charge >= 0.3 is 0 Å². The molecular weight excluding hydrogens is 246 g/mol. The number of hydrogen-bond donors (Lipinski definition) is 2. The molecule has 0 aliphatic rings. The van der Waals surface area contributed by atoms with Crippen LogP contribution in [0.25, 0.3) is 0 Å². The highest BCUT2D eigenvalue weighted by molar-refractivity contribution is 7.07. The van der Waals surface area contributed by atoms with E-state index in [0.717, 1.165) is 24.3 Å². The largest absolute Gasteiger partial charge is 0.320 e. The number of nitrogens with one attached hydrogen (secondary N) is 2. The molecule has 4 nitrogen and oxygen atoms in total. The van der Waals surface area contributed by atoms with Crippen molar-refractivity contribution in [3.05, 3.63) is 46.4 Å². The zero-order chi connectivity index (χ0) is 12.8. The molecule has 5 heteroatoms. The molecule has 2 rings (SSSR count). The molecular formula is C13H15N3OS. The minimum Gasteiger partial charge on any atom is -0.320 e. The zero-order valence-corrected chi connectivity index (χ0v) is 11.0. The predicted octanol–water partition coefficient (Wildman–Crippen LogP) is 2.50. The van der Waals surface area contributed by atoms with E-state index in [4.69, 9.17) is 0 Å². The number of nitrogens with zero attached hydrogens (tertiary/aromatic N) is 1. The van der Waals surface area contributed by atoms with E-state index in [1.54, 1.807) is 10.9 Å². The number of amides is 1. The summed E-state index contributed by atoms with van der Waals surface area (Å²) in [5.41, 5.74) is 4.01. The van der Waals surface area contributed by atoms with E-state index in [0.29, 0.717) is 5.69 Å². The van der Waals surface area contributed by atoms with Gasteiger partial charge in [-0.05, 0) is 18.2 Å². The van der Waals surface area contributed by atoms with E-state index in [9.17, 15) is 4.79 Å². The Labute approximate surface area is 110 Å². The van der Waals surface area contributed by atoms with Crippen LogP contribution in [-0.2, 0) is 6.54 Å². The van der Waals surface area contributed by atoms with Crippen LogP contribution in [0.5, 0.6) is 0 Å². The molecule has 0 fully saturated rings. The van der Waals surface area contributed by atoms with E-state index in [-0.39, 0.29) is 5.91 Å². The Balaban J connectivity index is 2.11. The Morgan fingerprint density at radius 2 is 2.22 bits per heavy atom. The summed E-state index contributed by atoms with van der Waals surface area (Å²) >= 11 is 1.41. The zero-order valence-electron chi connectivity index (χ0n) is 10.1. The molecule has 0 spiro atoms. The maximum atomic E-state index is 11.9. The number of anilines is 1. The number of thiazole rings is 1. The fourth-order valence-corrected chi connectivity index (χ4v) is 2.10. The molecule has 0 saturated carbocycles. The van der Waals surface area contributed by atoms with E-state index in [2.05, 4.69) is 22.5 Å². The summed E-state index contributed by atoms with van der Waals surface area (Å²) in [7, 11) is 0. The van der Waals surface area contributed by atoms with Gasteiger partial charge in [-0.2, -0.15) is 0 Å². The fraction of sp³-hybridized carbons (Fsp3) is 0.231. The maximum absolute atomic E-state index is 11.9. The second kappa shape index (κ2) is 6.28. The van der Waals surface area contributed by atoms with Crippen molar-refractivity contribution in [1.29, 1.82) is 0 Å². The van der Waals surface area contributed by atoms with E-state index in [1.165, 1.54) is 11.3 Å². The number of carbonyl (C=O) groups is 1. The number of carbonyl (C=O) groups excluding carboxylic acids is 1. The third-order valence-electron chi connectivity index (χ3n) is 2.50. The van der Waals surface area contributed by atoms with Gasteiger partial charge in [0.2, 0.25) is 0 Å². The normalized spacial score (nSPS) is 10.3. The Morgan fingerprint density at radius 3 is 2.94 bits per heavy atom. The van der Waals surface area contributed by atoms with Crippen molar-refractivity contribution >= 4 is 22.9 Å². The number of aromatic nitrogens is 1. The second-order valence-electron chi connectivity index (χ2n) is 3.77. The Hall–Kier alpha value is -1.72. The van der Waals surface area contributed by atoms with E-state index < -0.39 is 0 Å². The molecule has 0 aliphatic carbocycles. The first-order chi connectivity index (χ1) is 8.81. The number of hydrogen-bond acceptors (Lipinski definition) is 4. The highest BCUT2D eigenvalue weighted by atomic mass is 32.1. The third-order valence-corrected chi connectivity index (χ3v) is 3.08. The first kappa shape index (κ1) is 12.7. The second-order valence-corrected chi connectivity index (χ2v) is 4.48. The van der Waals surface area contributed by atoms with Crippen LogP contribution in [-0.4, -0.2) is 17.4 Å². The maximum Gasteiger partial charge on any atom is 0.275 e. The number of para-hydroxylation sites is 1. The van der Waals surface area contributed by atoms with Crippen molar-refractivity contribution in [3.8, 4) is 0 Å². The molecule has 2 aromatic rings. The molecule has 0 bridgehead atoms. The molecule has 0 unspecified atom stereocenters. The van der Waals surface area contributed by atoms with Gasteiger partial charge in [-0.15, -0.1) is 11.3 Å². The average Bonchev–Trinajstić information content (AvgIpc) is 2.91. The van der Waals surface area contributed by atoms with Gasteiger partial charge in [0.25, 0.3) is 5.91 Å². The van der Waals surface area contributed by atoms with Crippen molar-refractivity contribution in [2.45, 2.75) is 13.5 Å². The molecule has 0 aliphatic heterocycles. The molecule has 1 heterocycles. The van der Waals surface area contributed by atoms with Gasteiger partial charge in [-0.1, -0.05) is 25.1 Å². The van der Waals surface area contributed by atoms with Crippen molar-refractivity contribution in [1.82, 2.24) is 10.3 Å². The third kappa shape index (κ3) is 3.15. The average molecular weight is 261 g/mol. The summed E-state index contributed by atoms with van der Waals surface area (Å²) in [4.78, 5) is 15.9. The van der Waals surface area contributed by atoms with Crippen LogP contribution >= 0.6 is 11.3 Å². The summed E-state index contributed by atoms with van der Waals surface area (Å²) in [6.45, 7) is 3.69. The van der Waals surface area contributed by atoms with E-state index in [1.807, 2.05) is 24.3 Å². The molecule has 0 saturated heterocycles. The minimum absolute atomic E-state index is 0.166. The minimum atomic E-state index is -0.166. The smallest absolute Gasteiger partial charge is 0.275 e. The van der Waals surface area contributed by atoms with Crippen LogP contribution in [0.15, 0.2) is 35.2 Å². The summed E-state index contributed by atoms with van der Waals surface area (Å²) in [5.74, 6) is -0.166. The Kier molecular flexibility index (Phi) is 4.44. The fourth-order valence-electron chi connectivity index (χ4n) is 1.57. The summed E-state index contributed by atoms with van der Waals surface area (Å²) in [5, 5.41) is 7.87. The van der Waals surface area contributed by atoms with Crippen molar-refractivity contribution in [2.75, 3.05) is 11.9 Å². The topological polar surface area (TPSA) is 54.0 Å². The van der Waals surface area contributed by atoms with Crippen LogP contribution in [0, 0.1) is 0 Å². The molecule has 18 heavy (non-hydrogen) atoms. The lowest BCUT2D eigenvalue weighted by atomic mass is 10.1. The standard InChI is InChI=1S/C13H15N3OS/c1-2-14-7-10-5-3-4-6-11(10)16-13(17)12-8-18-9-15-12/h3-6,8-9,14H,2,7H2,1H3,(H,16,17). The van der Waals surface area contributed by atoms with Crippen LogP contribution < -0.4 is 10.6 Å². The molecule has 0 atom stereocenters. The van der Waals surface area contributed by atoms with Crippen LogP contribution in [0.1, 0.15) is 23.0 Å². The SMILES string of the molecule is CCNCc1ccccc1NC(=O)c1cscn1. The molecule has 1 aromatic carbocycles. The van der Waals surface area contributed by atoms with Crippen LogP contribution in [0.2, 0.25) is 0 Å². The molecule has 1 amide bonds. The van der Waals surface area contributed by atoms with Gasteiger partial charge in [-0.25, -0.2) is 4.98 Å². The predicted molar refractivity (Wildman–Crippen MR) is 73.9 cm³/mol. The Morgan fingerprint density at radius 1 is 1.39 bits per heavy atom. The van der Waals surface area contributed by atoms with Crippen LogP contribution in [0.3, 0.4) is 0 Å². The first-order valence-corrected chi connectivity index (χ1v) is 6.73. The van der Waals surface area contributed by atoms with Gasteiger partial charge in [0, 0.05) is 17.6 Å². The summed E-state index contributed by atoms with van der Waals surface area (Å²) in [6.07, 6.45) is 0. The highest BCUT2D eigenvalue weighted by Crippen LogP contribution is 2.16. The van der Waals surface area contributed by atoms with Crippen molar-refractivity contribution in [2.24, 2.45) is 0 Å². The Bertz CT molecular complexity index is 511. The monoisotopic (exact) mass is 261 g/mol. The molecule has 94 valence electrons. The van der Waals surface area contributed by atoms with Crippen molar-refractivity contribution in [3.63, 3.8) is 0 Å². The summed E-state index contributed by atoms with van der Waals surface area (Å²) < 4.78 is 0. The highest BCUT2D eigenvalue weighted by Gasteiger charge is 2.09. The molecule has 1 aromatic heterocycles.